The number of hydrogen-bond donors (Lipinski definition) is 0. The lowest BCUT2D eigenvalue weighted by atomic mass is 9.99. The van der Waals surface area contributed by atoms with Gasteiger partial charge in [-0.15, -0.1) is 11.3 Å². The van der Waals surface area contributed by atoms with Gasteiger partial charge in [0.2, 0.25) is 0 Å². The van der Waals surface area contributed by atoms with Gasteiger partial charge >= 0.3 is 0 Å². The summed E-state index contributed by atoms with van der Waals surface area (Å²) in [6, 6.07) is 44.9. The van der Waals surface area contributed by atoms with Gasteiger partial charge < -0.3 is 9.13 Å². The molecule has 0 bridgehead atoms. The monoisotopic (exact) mass is 673 g/mol. The number of rotatable bonds is 4. The number of para-hydroxylation sites is 3. The third kappa shape index (κ3) is 4.29. The summed E-state index contributed by atoms with van der Waals surface area (Å²) in [5, 5.41) is 4.46. The van der Waals surface area contributed by atoms with Gasteiger partial charge in [-0.3, -0.25) is 0 Å². The van der Waals surface area contributed by atoms with E-state index in [4.69, 9.17) is 5.48 Å². The highest BCUT2D eigenvalue weighted by atomic mass is 32.1. The van der Waals surface area contributed by atoms with Crippen LogP contribution in [0.5, 0.6) is 0 Å². The Bertz CT molecular complexity index is 3530. The molecule has 238 valence electrons. The SMILES string of the molecule is [2H]c1c([2H])c([2H])c2c(c1[2H])c1c([2H])c(-c3ccc4c(c3)c3cccc(-c5ccccc5)c3n4-c3ccccc3)c([2H])c([2H])c1n2-c1ccc2c(c1)sc1ccccc12. The molecule has 2 nitrogen and oxygen atoms in total. The second-order valence-electron chi connectivity index (χ2n) is 12.8. The van der Waals surface area contributed by atoms with Crippen LogP contribution in [0, 0.1) is 0 Å². The smallest absolute Gasteiger partial charge is 0.0645 e. The molecule has 3 aromatic heterocycles. The highest BCUT2D eigenvalue weighted by Gasteiger charge is 2.19. The Kier molecular flexibility index (Phi) is 4.84. The van der Waals surface area contributed by atoms with Crippen molar-refractivity contribution in [2.45, 2.75) is 0 Å². The molecule has 0 aliphatic heterocycles. The molecule has 3 heteroatoms. The Balaban J connectivity index is 1.22. The van der Waals surface area contributed by atoms with Crippen molar-refractivity contribution < 1.29 is 9.60 Å². The molecular formula is C48H30N2S. The molecule has 0 amide bonds. The van der Waals surface area contributed by atoms with Crippen molar-refractivity contribution in [3.05, 3.63) is 182 Å². The van der Waals surface area contributed by atoms with E-state index in [0.29, 0.717) is 11.3 Å². The van der Waals surface area contributed by atoms with Crippen LogP contribution in [0.15, 0.2) is 182 Å². The largest absolute Gasteiger partial charge is 0.309 e. The van der Waals surface area contributed by atoms with Gasteiger partial charge in [0.05, 0.1) is 31.7 Å². The first kappa shape index (κ1) is 22.3. The molecule has 0 saturated carbocycles. The molecule has 0 spiro atoms. The second kappa shape index (κ2) is 11.0. The van der Waals surface area contributed by atoms with Crippen molar-refractivity contribution in [3.8, 4) is 33.6 Å². The van der Waals surface area contributed by atoms with Gasteiger partial charge in [-0.1, -0.05) is 121 Å². The lowest BCUT2D eigenvalue weighted by Crippen LogP contribution is -1.95. The molecule has 0 atom stereocenters. The first-order valence-corrected chi connectivity index (χ1v) is 17.7. The predicted molar refractivity (Wildman–Crippen MR) is 219 cm³/mol. The molecule has 0 saturated heterocycles. The highest BCUT2D eigenvalue weighted by Crippen LogP contribution is 2.42. The molecule has 0 unspecified atom stereocenters. The summed E-state index contributed by atoms with van der Waals surface area (Å²) < 4.78 is 70.7. The summed E-state index contributed by atoms with van der Waals surface area (Å²) in [5.41, 5.74) is 6.87. The highest BCUT2D eigenvalue weighted by molar-refractivity contribution is 7.25. The number of hydrogen-bond acceptors (Lipinski definition) is 1. The van der Waals surface area contributed by atoms with Crippen LogP contribution in [0.25, 0.3) is 97.4 Å². The van der Waals surface area contributed by atoms with Gasteiger partial charge in [0.1, 0.15) is 0 Å². The number of nitrogens with zero attached hydrogens (tertiary/aromatic N) is 2. The maximum Gasteiger partial charge on any atom is 0.0645 e. The van der Waals surface area contributed by atoms with Crippen LogP contribution < -0.4 is 0 Å². The molecule has 11 aromatic rings. The molecule has 0 aliphatic rings. The second-order valence-corrected chi connectivity index (χ2v) is 13.9. The maximum atomic E-state index is 9.85. The van der Waals surface area contributed by atoms with E-state index >= 15 is 0 Å². The summed E-state index contributed by atoms with van der Waals surface area (Å²) in [5.74, 6) is 0. The quantitative estimate of drug-likeness (QED) is 0.176. The van der Waals surface area contributed by atoms with Crippen LogP contribution in [-0.2, 0) is 0 Å². The van der Waals surface area contributed by atoms with E-state index in [0.717, 1.165) is 58.8 Å². The average molecular weight is 674 g/mol. The van der Waals surface area contributed by atoms with Crippen LogP contribution in [0.2, 0.25) is 0 Å². The number of aromatic nitrogens is 2. The fourth-order valence-corrected chi connectivity index (χ4v) is 8.83. The fraction of sp³-hybridized carbons (Fsp3) is 0. The van der Waals surface area contributed by atoms with Gasteiger partial charge in [-0.2, -0.15) is 0 Å². The van der Waals surface area contributed by atoms with Gasteiger partial charge in [0.25, 0.3) is 0 Å². The van der Waals surface area contributed by atoms with Crippen LogP contribution in [0.1, 0.15) is 9.60 Å². The van der Waals surface area contributed by atoms with E-state index in [2.05, 4.69) is 53.1 Å². The van der Waals surface area contributed by atoms with Crippen LogP contribution in [-0.4, -0.2) is 9.13 Å². The summed E-state index contributed by atoms with van der Waals surface area (Å²) in [6.07, 6.45) is 0. The number of thiophene rings is 1. The van der Waals surface area contributed by atoms with E-state index in [9.17, 15) is 4.11 Å². The Morgan fingerprint density at radius 2 is 1.18 bits per heavy atom. The third-order valence-electron chi connectivity index (χ3n) is 9.95. The Hall–Kier alpha value is -6.42. The molecule has 3 heterocycles. The Morgan fingerprint density at radius 3 is 2.08 bits per heavy atom. The summed E-state index contributed by atoms with van der Waals surface area (Å²) in [6.45, 7) is 0. The van der Waals surface area contributed by atoms with Gasteiger partial charge in [0.15, 0.2) is 0 Å². The van der Waals surface area contributed by atoms with Crippen molar-refractivity contribution in [2.24, 2.45) is 0 Å². The molecule has 8 aromatic carbocycles. The van der Waals surface area contributed by atoms with Crippen molar-refractivity contribution >= 4 is 75.1 Å². The summed E-state index contributed by atoms with van der Waals surface area (Å²) in [7, 11) is 0. The fourth-order valence-electron chi connectivity index (χ4n) is 7.69. The molecule has 51 heavy (non-hydrogen) atoms. The van der Waals surface area contributed by atoms with Crippen LogP contribution in [0.3, 0.4) is 0 Å². The van der Waals surface area contributed by atoms with Gasteiger partial charge in [0, 0.05) is 58.7 Å². The Labute approximate surface area is 308 Å². The van der Waals surface area contributed by atoms with E-state index in [1.165, 1.54) is 0 Å². The summed E-state index contributed by atoms with van der Waals surface area (Å²) in [4.78, 5) is 0. The molecule has 0 fully saturated rings. The zero-order chi connectivity index (χ0) is 39.6. The maximum absolute atomic E-state index is 9.85. The zero-order valence-corrected chi connectivity index (χ0v) is 27.9. The predicted octanol–water partition coefficient (Wildman–Crippen LogP) is 13.6. The van der Waals surface area contributed by atoms with E-state index in [-0.39, 0.29) is 57.6 Å². The van der Waals surface area contributed by atoms with E-state index in [1.54, 1.807) is 15.9 Å². The van der Waals surface area contributed by atoms with E-state index < -0.39 is 12.1 Å². The minimum absolute atomic E-state index is 0.0659. The zero-order valence-electron chi connectivity index (χ0n) is 34.1. The number of benzene rings is 8. The van der Waals surface area contributed by atoms with Crippen LogP contribution >= 0.6 is 11.3 Å². The lowest BCUT2D eigenvalue weighted by molar-refractivity contribution is 1.18. The molecule has 0 N–H and O–H groups in total. The van der Waals surface area contributed by atoms with Crippen molar-refractivity contribution in [1.29, 1.82) is 0 Å². The molecule has 0 aliphatic carbocycles. The minimum atomic E-state index is -0.414. The molecular weight excluding hydrogens is 637 g/mol. The lowest BCUT2D eigenvalue weighted by Gasteiger charge is -2.11. The first-order valence-electron chi connectivity index (χ1n) is 20.4. The third-order valence-corrected chi connectivity index (χ3v) is 11.1. The Morgan fingerprint density at radius 1 is 0.412 bits per heavy atom. The molecule has 11 rings (SSSR count). The van der Waals surface area contributed by atoms with Gasteiger partial charge in [-0.25, -0.2) is 0 Å². The molecule has 0 radical (unpaired) electrons. The van der Waals surface area contributed by atoms with Crippen molar-refractivity contribution in [2.75, 3.05) is 0 Å². The minimum Gasteiger partial charge on any atom is -0.309 e. The van der Waals surface area contributed by atoms with E-state index in [1.807, 2.05) is 91.0 Å². The topological polar surface area (TPSA) is 9.86 Å². The van der Waals surface area contributed by atoms with Crippen molar-refractivity contribution in [3.63, 3.8) is 0 Å². The van der Waals surface area contributed by atoms with Crippen molar-refractivity contribution in [1.82, 2.24) is 9.13 Å². The van der Waals surface area contributed by atoms with Gasteiger partial charge in [-0.05, 0) is 77.3 Å². The summed E-state index contributed by atoms with van der Waals surface area (Å²) >= 11 is 1.62. The first-order chi connectivity index (χ1) is 28.2. The van der Waals surface area contributed by atoms with Crippen LogP contribution in [0.4, 0.5) is 0 Å². The standard InChI is InChI=1S/C48H30N2S/c1-3-12-31(13-4-1)36-18-11-19-40-42-29-33(23-27-45(42)50(48(36)40)34-14-5-2-6-15-34)32-22-26-44-41(28-32)37-16-7-9-20-43(37)49(44)35-24-25-39-38-17-8-10-21-46(38)51-47(39)30-35/h1-30H/i7D,9D,16D,20D,22D,26D,28D. The number of fused-ring (bicyclic) bond motifs is 9. The normalized spacial score (nSPS) is 13.8. The average Bonchev–Trinajstić information content (AvgIpc) is 3.93.